The van der Waals surface area contributed by atoms with Gasteiger partial charge in [0.1, 0.15) is 0 Å². The van der Waals surface area contributed by atoms with Crippen molar-refractivity contribution in [3.8, 4) is 5.75 Å². The van der Waals surface area contributed by atoms with Crippen LogP contribution in [-0.4, -0.2) is 18.1 Å². The minimum absolute atomic E-state index is 0.0759. The summed E-state index contributed by atoms with van der Waals surface area (Å²) in [6.07, 6.45) is 0. The van der Waals surface area contributed by atoms with E-state index in [0.29, 0.717) is 0 Å². The van der Waals surface area contributed by atoms with Gasteiger partial charge in [0.2, 0.25) is 0 Å². The molecule has 0 aliphatic heterocycles. The molecule has 0 aromatic heterocycles. The maximum Gasteiger partial charge on any atom is 0.312 e. The van der Waals surface area contributed by atoms with Crippen molar-refractivity contribution in [1.82, 2.24) is 0 Å². The Balaban J connectivity index is 2.78. The molecule has 0 aliphatic rings. The standard InChI is InChI=1S/C8H7ClN4O3/c9-6-1-2-8(7(5-6)13(14)15)16-4-3-11-12-10/h1-2,5H,3-4H2. The van der Waals surface area contributed by atoms with Gasteiger partial charge in [0.25, 0.3) is 0 Å². The Labute approximate surface area is 95.4 Å². The van der Waals surface area contributed by atoms with Crippen molar-refractivity contribution >= 4 is 17.3 Å². The van der Waals surface area contributed by atoms with Crippen LogP contribution in [0.1, 0.15) is 0 Å². The molecule has 84 valence electrons. The number of nitro benzene ring substituents is 1. The first-order valence-electron chi connectivity index (χ1n) is 4.22. The average Bonchev–Trinajstić information content (AvgIpc) is 2.26. The summed E-state index contributed by atoms with van der Waals surface area (Å²) in [6.45, 7) is 0.183. The van der Waals surface area contributed by atoms with Gasteiger partial charge in [-0.3, -0.25) is 10.1 Å². The molecule has 0 bridgehead atoms. The van der Waals surface area contributed by atoms with E-state index < -0.39 is 4.92 Å². The molecule has 0 N–H and O–H groups in total. The molecule has 1 rings (SSSR count). The first kappa shape index (κ1) is 12.1. The first-order chi connectivity index (χ1) is 7.65. The maximum absolute atomic E-state index is 10.6. The van der Waals surface area contributed by atoms with E-state index in [1.807, 2.05) is 0 Å². The molecule has 0 aliphatic carbocycles. The Morgan fingerprint density at radius 2 is 2.38 bits per heavy atom. The summed E-state index contributed by atoms with van der Waals surface area (Å²) >= 11 is 5.62. The SMILES string of the molecule is [N-]=[N+]=NCCOc1ccc(Cl)cc1[N+](=O)[O-]. The first-order valence-corrected chi connectivity index (χ1v) is 4.60. The van der Waals surface area contributed by atoms with Crippen molar-refractivity contribution in [2.45, 2.75) is 0 Å². The van der Waals surface area contributed by atoms with Crippen molar-refractivity contribution < 1.29 is 9.66 Å². The lowest BCUT2D eigenvalue weighted by atomic mass is 10.3. The fourth-order valence-corrected chi connectivity index (χ4v) is 1.16. The summed E-state index contributed by atoms with van der Waals surface area (Å²) in [4.78, 5) is 12.6. The predicted octanol–water partition coefficient (Wildman–Crippen LogP) is 2.94. The van der Waals surface area contributed by atoms with Gasteiger partial charge in [-0.05, 0) is 17.7 Å². The van der Waals surface area contributed by atoms with Crippen molar-refractivity contribution in [3.05, 3.63) is 43.8 Å². The Bertz CT molecular complexity index is 445. The molecule has 1 aromatic carbocycles. The quantitative estimate of drug-likeness (QED) is 0.198. The lowest BCUT2D eigenvalue weighted by Gasteiger charge is -2.04. The second kappa shape index (κ2) is 5.79. The summed E-state index contributed by atoms with van der Waals surface area (Å²) < 4.78 is 5.09. The van der Waals surface area contributed by atoms with E-state index in [1.54, 1.807) is 0 Å². The number of rotatable bonds is 5. The van der Waals surface area contributed by atoms with E-state index >= 15 is 0 Å². The van der Waals surface area contributed by atoms with Crippen LogP contribution in [0.2, 0.25) is 5.02 Å². The maximum atomic E-state index is 10.6. The Kier molecular flexibility index (Phi) is 4.38. The minimum atomic E-state index is -0.589. The lowest BCUT2D eigenvalue weighted by Crippen LogP contribution is -2.02. The number of hydrogen-bond donors (Lipinski definition) is 0. The van der Waals surface area contributed by atoms with E-state index in [4.69, 9.17) is 21.9 Å². The van der Waals surface area contributed by atoms with Crippen LogP contribution in [0.25, 0.3) is 10.4 Å². The summed E-state index contributed by atoms with van der Waals surface area (Å²) in [5.74, 6) is 0.0996. The Hall–Kier alpha value is -1.98. The van der Waals surface area contributed by atoms with Crippen molar-refractivity contribution in [3.63, 3.8) is 0 Å². The van der Waals surface area contributed by atoms with Crippen LogP contribution < -0.4 is 4.74 Å². The van der Waals surface area contributed by atoms with E-state index in [-0.39, 0.29) is 29.6 Å². The molecule has 8 heteroatoms. The van der Waals surface area contributed by atoms with Gasteiger partial charge in [0, 0.05) is 16.0 Å². The third-order valence-corrected chi connectivity index (χ3v) is 1.86. The summed E-state index contributed by atoms with van der Waals surface area (Å²) in [5, 5.41) is 14.1. The third kappa shape index (κ3) is 3.30. The van der Waals surface area contributed by atoms with Gasteiger partial charge < -0.3 is 4.74 Å². The zero-order valence-corrected chi connectivity index (χ0v) is 8.79. The van der Waals surface area contributed by atoms with Crippen molar-refractivity contribution in [2.75, 3.05) is 13.2 Å². The second-order valence-electron chi connectivity index (χ2n) is 2.67. The highest BCUT2D eigenvalue weighted by atomic mass is 35.5. The number of ether oxygens (including phenoxy) is 1. The molecule has 0 spiro atoms. The molecule has 0 unspecified atom stereocenters. The van der Waals surface area contributed by atoms with Crippen LogP contribution in [0.3, 0.4) is 0 Å². The largest absolute Gasteiger partial charge is 0.487 e. The van der Waals surface area contributed by atoms with Gasteiger partial charge in [-0.2, -0.15) is 0 Å². The molecule has 1 aromatic rings. The zero-order chi connectivity index (χ0) is 12.0. The van der Waals surface area contributed by atoms with E-state index in [2.05, 4.69) is 10.0 Å². The fraction of sp³-hybridized carbons (Fsp3) is 0.250. The van der Waals surface area contributed by atoms with Crippen molar-refractivity contribution in [1.29, 1.82) is 0 Å². The van der Waals surface area contributed by atoms with E-state index in [0.717, 1.165) is 0 Å². The monoisotopic (exact) mass is 242 g/mol. The van der Waals surface area contributed by atoms with Gasteiger partial charge in [-0.25, -0.2) is 0 Å². The normalized spacial score (nSPS) is 9.31. The van der Waals surface area contributed by atoms with Crippen LogP contribution in [0, 0.1) is 10.1 Å². The van der Waals surface area contributed by atoms with Gasteiger partial charge in [-0.15, -0.1) is 0 Å². The van der Waals surface area contributed by atoms with Gasteiger partial charge >= 0.3 is 5.69 Å². The number of hydrogen-bond acceptors (Lipinski definition) is 4. The average molecular weight is 243 g/mol. The van der Waals surface area contributed by atoms with Crippen LogP contribution in [0.4, 0.5) is 5.69 Å². The number of nitro groups is 1. The van der Waals surface area contributed by atoms with Gasteiger partial charge in [0.15, 0.2) is 5.75 Å². The molecular weight excluding hydrogens is 236 g/mol. The fourth-order valence-electron chi connectivity index (χ4n) is 0.996. The molecule has 16 heavy (non-hydrogen) atoms. The number of nitrogens with zero attached hydrogens (tertiary/aromatic N) is 4. The molecule has 0 saturated heterocycles. The minimum Gasteiger partial charge on any atom is -0.487 e. The zero-order valence-electron chi connectivity index (χ0n) is 8.04. The number of azide groups is 1. The number of halogens is 1. The third-order valence-electron chi connectivity index (χ3n) is 1.63. The highest BCUT2D eigenvalue weighted by Gasteiger charge is 2.15. The topological polar surface area (TPSA) is 101 Å². The van der Waals surface area contributed by atoms with Crippen molar-refractivity contribution in [2.24, 2.45) is 5.11 Å². The molecular formula is C8H7ClN4O3. The second-order valence-corrected chi connectivity index (χ2v) is 3.11. The molecule has 7 nitrogen and oxygen atoms in total. The van der Waals surface area contributed by atoms with E-state index in [9.17, 15) is 10.1 Å². The summed E-state index contributed by atoms with van der Waals surface area (Å²) in [7, 11) is 0. The van der Waals surface area contributed by atoms with Crippen LogP contribution >= 0.6 is 11.6 Å². The highest BCUT2D eigenvalue weighted by molar-refractivity contribution is 6.30. The molecule has 0 radical (unpaired) electrons. The Morgan fingerprint density at radius 3 is 3.00 bits per heavy atom. The smallest absolute Gasteiger partial charge is 0.312 e. The Morgan fingerprint density at radius 1 is 1.62 bits per heavy atom. The molecule has 0 amide bonds. The van der Waals surface area contributed by atoms with E-state index in [1.165, 1.54) is 18.2 Å². The molecule has 0 atom stereocenters. The van der Waals surface area contributed by atoms with Crippen LogP contribution in [0.5, 0.6) is 5.75 Å². The molecule has 0 saturated carbocycles. The summed E-state index contributed by atoms with van der Waals surface area (Å²) in [5.41, 5.74) is 7.81. The summed E-state index contributed by atoms with van der Waals surface area (Å²) in [6, 6.07) is 4.08. The lowest BCUT2D eigenvalue weighted by molar-refractivity contribution is -0.385. The van der Waals surface area contributed by atoms with Crippen LogP contribution in [0.15, 0.2) is 23.3 Å². The van der Waals surface area contributed by atoms with Gasteiger partial charge in [0.05, 0.1) is 18.1 Å². The van der Waals surface area contributed by atoms with Crippen LogP contribution in [-0.2, 0) is 0 Å². The highest BCUT2D eigenvalue weighted by Crippen LogP contribution is 2.29. The molecule has 0 heterocycles. The van der Waals surface area contributed by atoms with Gasteiger partial charge in [-0.1, -0.05) is 16.7 Å². The molecule has 0 fully saturated rings. The number of benzene rings is 1. The predicted molar refractivity (Wildman–Crippen MR) is 57.6 cm³/mol.